The van der Waals surface area contributed by atoms with Crippen LogP contribution in [-0.2, 0) is 4.79 Å². The van der Waals surface area contributed by atoms with Crippen molar-refractivity contribution in [1.29, 1.82) is 0 Å². The first-order chi connectivity index (χ1) is 15.3. The molecule has 0 aliphatic heterocycles. The van der Waals surface area contributed by atoms with Gasteiger partial charge in [-0.15, -0.1) is 0 Å². The van der Waals surface area contributed by atoms with Crippen LogP contribution in [0, 0.1) is 12.7 Å². The van der Waals surface area contributed by atoms with Crippen LogP contribution in [0.25, 0.3) is 22.2 Å². The number of anilines is 1. The zero-order valence-corrected chi connectivity index (χ0v) is 18.8. The van der Waals surface area contributed by atoms with Crippen LogP contribution in [0.4, 0.5) is 10.1 Å². The molecular formula is C24H23FN4O2S. The van der Waals surface area contributed by atoms with Crippen LogP contribution < -0.4 is 10.9 Å². The molecule has 0 bridgehead atoms. The molecule has 0 atom stereocenters. The van der Waals surface area contributed by atoms with Crippen molar-refractivity contribution in [3.05, 3.63) is 76.5 Å². The van der Waals surface area contributed by atoms with Crippen LogP contribution in [0.1, 0.15) is 25.5 Å². The molecule has 4 rings (SSSR count). The molecule has 2 aromatic carbocycles. The summed E-state index contributed by atoms with van der Waals surface area (Å²) in [6.07, 6.45) is 1.78. The quantitative estimate of drug-likeness (QED) is 0.314. The molecule has 2 aromatic heterocycles. The average molecular weight is 451 g/mol. The number of rotatable bonds is 6. The largest absolute Gasteiger partial charge is 0.355 e. The molecule has 0 aliphatic rings. The Balaban J connectivity index is 1.64. The monoisotopic (exact) mass is 450 g/mol. The Morgan fingerprint density at radius 2 is 1.97 bits per heavy atom. The first-order valence-corrected chi connectivity index (χ1v) is 11.2. The minimum Gasteiger partial charge on any atom is -0.355 e. The normalized spacial score (nSPS) is 11.3. The zero-order chi connectivity index (χ0) is 22.8. The lowest BCUT2D eigenvalue weighted by atomic mass is 10.1. The topological polar surface area (TPSA) is 79.8 Å². The van der Waals surface area contributed by atoms with E-state index in [-0.39, 0.29) is 29.1 Å². The second-order valence-electron chi connectivity index (χ2n) is 7.76. The van der Waals surface area contributed by atoms with Crippen molar-refractivity contribution in [2.75, 3.05) is 11.1 Å². The Kier molecular flexibility index (Phi) is 6.14. The molecule has 0 saturated carbocycles. The molecule has 32 heavy (non-hydrogen) atoms. The summed E-state index contributed by atoms with van der Waals surface area (Å²) in [5.41, 5.74) is 3.49. The zero-order valence-electron chi connectivity index (χ0n) is 18.0. The van der Waals surface area contributed by atoms with Crippen molar-refractivity contribution in [3.63, 3.8) is 0 Å². The van der Waals surface area contributed by atoms with Crippen molar-refractivity contribution in [3.8, 4) is 11.1 Å². The van der Waals surface area contributed by atoms with Gasteiger partial charge in [-0.25, -0.2) is 9.37 Å². The van der Waals surface area contributed by atoms with E-state index in [4.69, 9.17) is 4.98 Å². The molecule has 0 fully saturated rings. The number of fused-ring (bicyclic) bond motifs is 1. The van der Waals surface area contributed by atoms with E-state index >= 15 is 0 Å². The lowest BCUT2D eigenvalue weighted by Gasteiger charge is -2.15. The Hall–Kier alpha value is -3.39. The van der Waals surface area contributed by atoms with Crippen molar-refractivity contribution >= 4 is 34.4 Å². The number of nitrogens with one attached hydrogen (secondary N) is 2. The molecule has 0 saturated heterocycles. The van der Waals surface area contributed by atoms with E-state index < -0.39 is 0 Å². The minimum absolute atomic E-state index is 0.0330. The van der Waals surface area contributed by atoms with E-state index in [0.29, 0.717) is 27.4 Å². The minimum atomic E-state index is -0.378. The van der Waals surface area contributed by atoms with Gasteiger partial charge in [-0.2, -0.15) is 0 Å². The Morgan fingerprint density at radius 1 is 1.22 bits per heavy atom. The summed E-state index contributed by atoms with van der Waals surface area (Å²) in [5.74, 6) is -0.650. The fourth-order valence-corrected chi connectivity index (χ4v) is 4.37. The predicted octanol–water partition coefficient (Wildman–Crippen LogP) is 5.15. The van der Waals surface area contributed by atoms with Gasteiger partial charge in [0.05, 0.1) is 5.75 Å². The standard InChI is InChI=1S/C24H23FN4O2S/c1-14(2)29-23(31)22-21(18(12-26-22)16-7-5-4-6-8-16)28-24(29)32-13-20(30)27-17-10-9-15(3)19(25)11-17/h4-12,14,26H,13H2,1-3H3,(H,27,30). The van der Waals surface area contributed by atoms with E-state index in [2.05, 4.69) is 10.3 Å². The number of benzene rings is 2. The molecule has 4 aromatic rings. The van der Waals surface area contributed by atoms with Gasteiger partial charge in [0.15, 0.2) is 5.16 Å². The fourth-order valence-electron chi connectivity index (χ4n) is 3.44. The number of aromatic nitrogens is 3. The Bertz CT molecular complexity index is 1350. The maximum Gasteiger partial charge on any atom is 0.278 e. The maximum atomic E-state index is 13.8. The summed E-state index contributed by atoms with van der Waals surface area (Å²) in [6.45, 7) is 5.46. The van der Waals surface area contributed by atoms with Gasteiger partial charge in [0.2, 0.25) is 5.91 Å². The van der Waals surface area contributed by atoms with Crippen molar-refractivity contribution in [2.45, 2.75) is 32.0 Å². The molecule has 0 radical (unpaired) electrons. The Morgan fingerprint density at radius 3 is 2.66 bits per heavy atom. The lowest BCUT2D eigenvalue weighted by molar-refractivity contribution is -0.113. The van der Waals surface area contributed by atoms with E-state index in [0.717, 1.165) is 11.1 Å². The van der Waals surface area contributed by atoms with Crippen molar-refractivity contribution < 1.29 is 9.18 Å². The number of H-pyrrole nitrogens is 1. The van der Waals surface area contributed by atoms with Crippen molar-refractivity contribution in [1.82, 2.24) is 14.5 Å². The third kappa shape index (κ3) is 4.31. The number of amides is 1. The molecular weight excluding hydrogens is 427 g/mol. The Labute approximate surface area is 188 Å². The number of carbonyl (C=O) groups excluding carboxylic acids is 1. The van der Waals surface area contributed by atoms with Gasteiger partial charge in [-0.1, -0.05) is 48.2 Å². The molecule has 0 unspecified atom stereocenters. The molecule has 2 heterocycles. The van der Waals surface area contributed by atoms with Gasteiger partial charge >= 0.3 is 0 Å². The van der Waals surface area contributed by atoms with Gasteiger partial charge in [0, 0.05) is 23.5 Å². The maximum absolute atomic E-state index is 13.8. The van der Waals surface area contributed by atoms with Crippen molar-refractivity contribution in [2.24, 2.45) is 0 Å². The SMILES string of the molecule is Cc1ccc(NC(=O)CSc2nc3c(-c4ccccc4)c[nH]c3c(=O)n2C(C)C)cc1F. The first kappa shape index (κ1) is 21.8. The second-order valence-corrected chi connectivity index (χ2v) is 8.70. The second kappa shape index (κ2) is 9.00. The van der Waals surface area contributed by atoms with E-state index in [1.807, 2.05) is 44.2 Å². The number of halogens is 1. The fraction of sp³-hybridized carbons (Fsp3) is 0.208. The summed E-state index contributed by atoms with van der Waals surface area (Å²) >= 11 is 1.18. The smallest absolute Gasteiger partial charge is 0.278 e. The lowest BCUT2D eigenvalue weighted by Crippen LogP contribution is -2.26. The summed E-state index contributed by atoms with van der Waals surface area (Å²) in [6, 6.07) is 14.1. The van der Waals surface area contributed by atoms with E-state index in [1.54, 1.807) is 29.8 Å². The van der Waals surface area contributed by atoms with Gasteiger partial charge < -0.3 is 10.3 Å². The molecule has 6 nitrogen and oxygen atoms in total. The van der Waals surface area contributed by atoms with Crippen LogP contribution in [0.3, 0.4) is 0 Å². The summed E-state index contributed by atoms with van der Waals surface area (Å²) in [7, 11) is 0. The number of aryl methyl sites for hydroxylation is 1. The van der Waals surface area contributed by atoms with Crippen LogP contribution in [0.2, 0.25) is 0 Å². The highest BCUT2D eigenvalue weighted by Gasteiger charge is 2.19. The van der Waals surface area contributed by atoms with E-state index in [1.165, 1.54) is 17.8 Å². The van der Waals surface area contributed by atoms with Gasteiger partial charge in [-0.05, 0) is 44.0 Å². The summed E-state index contributed by atoms with van der Waals surface area (Å²) < 4.78 is 15.3. The predicted molar refractivity (Wildman–Crippen MR) is 127 cm³/mol. The average Bonchev–Trinajstić information content (AvgIpc) is 3.19. The summed E-state index contributed by atoms with van der Waals surface area (Å²) in [4.78, 5) is 33.5. The number of hydrogen-bond acceptors (Lipinski definition) is 4. The molecule has 0 aliphatic carbocycles. The van der Waals surface area contributed by atoms with Crippen LogP contribution >= 0.6 is 11.8 Å². The van der Waals surface area contributed by atoms with E-state index in [9.17, 15) is 14.0 Å². The number of hydrogen-bond donors (Lipinski definition) is 2. The highest BCUT2D eigenvalue weighted by Crippen LogP contribution is 2.28. The third-order valence-corrected chi connectivity index (χ3v) is 6.04. The first-order valence-electron chi connectivity index (χ1n) is 10.2. The van der Waals surface area contributed by atoms with Crippen LogP contribution in [0.5, 0.6) is 0 Å². The molecule has 8 heteroatoms. The van der Waals surface area contributed by atoms with Crippen LogP contribution in [-0.4, -0.2) is 26.2 Å². The summed E-state index contributed by atoms with van der Waals surface area (Å²) in [5, 5.41) is 3.15. The third-order valence-electron chi connectivity index (χ3n) is 5.09. The number of nitrogens with zero attached hydrogens (tertiary/aromatic N) is 2. The highest BCUT2D eigenvalue weighted by molar-refractivity contribution is 7.99. The number of aromatic amines is 1. The molecule has 2 N–H and O–H groups in total. The number of carbonyl (C=O) groups is 1. The molecule has 0 spiro atoms. The van der Waals surface area contributed by atoms with Gasteiger partial charge in [0.1, 0.15) is 16.9 Å². The van der Waals surface area contributed by atoms with Crippen LogP contribution in [0.15, 0.2) is 64.7 Å². The van der Waals surface area contributed by atoms with Gasteiger partial charge in [0.25, 0.3) is 5.56 Å². The number of thioether (sulfide) groups is 1. The molecule has 164 valence electrons. The highest BCUT2D eigenvalue weighted by atomic mass is 32.2. The van der Waals surface area contributed by atoms with Gasteiger partial charge in [-0.3, -0.25) is 14.2 Å². The molecule has 1 amide bonds.